The fourth-order valence-electron chi connectivity index (χ4n) is 1.38. The van der Waals surface area contributed by atoms with Gasteiger partial charge in [0.15, 0.2) is 0 Å². The van der Waals surface area contributed by atoms with Crippen molar-refractivity contribution in [3.05, 3.63) is 36.9 Å². The maximum atomic E-state index is 3.89. The third-order valence-electron chi connectivity index (χ3n) is 2.35. The summed E-state index contributed by atoms with van der Waals surface area (Å²) in [5, 5.41) is 0. The number of para-hydroxylation sites is 1. The number of nitrogens with zero attached hydrogens (tertiary/aromatic N) is 2. The second-order valence-corrected chi connectivity index (χ2v) is 3.69. The average Bonchev–Trinajstić information content (AvgIpc) is 2.16. The van der Waals surface area contributed by atoms with Gasteiger partial charge in [0.25, 0.3) is 0 Å². The van der Waals surface area contributed by atoms with Crippen molar-refractivity contribution in [3.63, 3.8) is 0 Å². The summed E-state index contributed by atoms with van der Waals surface area (Å²) in [7, 11) is 9.95. The van der Waals surface area contributed by atoms with Crippen LogP contribution in [0.3, 0.4) is 0 Å². The van der Waals surface area contributed by atoms with Gasteiger partial charge in [0.05, 0.1) is 0 Å². The lowest BCUT2D eigenvalue weighted by molar-refractivity contribution is -0.430. The first-order chi connectivity index (χ1) is 6.54. The first-order valence-electron chi connectivity index (χ1n) is 4.68. The second kappa shape index (κ2) is 4.18. The Morgan fingerprint density at radius 1 is 1.29 bits per heavy atom. The van der Waals surface area contributed by atoms with Gasteiger partial charge in [-0.05, 0) is 25.6 Å². The molecule has 0 spiro atoms. The Kier molecular flexibility index (Phi) is 3.18. The van der Waals surface area contributed by atoms with Crippen molar-refractivity contribution in [1.29, 1.82) is 0 Å². The van der Waals surface area contributed by atoms with E-state index in [2.05, 4.69) is 57.2 Å². The zero-order chi connectivity index (χ0) is 10.7. The van der Waals surface area contributed by atoms with E-state index in [1.54, 1.807) is 0 Å². The van der Waals surface area contributed by atoms with Crippen molar-refractivity contribution in [2.75, 3.05) is 26.0 Å². The molecule has 1 aromatic carbocycles. The van der Waals surface area contributed by atoms with Crippen molar-refractivity contribution < 1.29 is 4.58 Å². The zero-order valence-electron chi connectivity index (χ0n) is 9.41. The number of hydrogen-bond acceptors (Lipinski definition) is 1. The summed E-state index contributed by atoms with van der Waals surface area (Å²) in [6.45, 7) is 2.08. The predicted octanol–water partition coefficient (Wildman–Crippen LogP) is 2.00. The monoisotopic (exact) mass is 190 g/mol. The molecule has 2 nitrogen and oxygen atoms in total. The number of rotatable bonds is 2. The van der Waals surface area contributed by atoms with Crippen LogP contribution in [0.1, 0.15) is 12.5 Å². The third-order valence-corrected chi connectivity index (χ3v) is 2.35. The molecule has 0 fully saturated rings. The molecule has 1 rings (SSSR count). The Labute approximate surface area is 86.5 Å². The van der Waals surface area contributed by atoms with E-state index in [1.807, 2.05) is 11.6 Å². The smallest absolute Gasteiger partial charge is 0.105 e. The van der Waals surface area contributed by atoms with Crippen LogP contribution in [0.25, 0.3) is 0 Å². The van der Waals surface area contributed by atoms with Crippen molar-refractivity contribution in [2.24, 2.45) is 0 Å². The summed E-state index contributed by atoms with van der Waals surface area (Å²) >= 11 is 0. The molecule has 2 heteroatoms. The average molecular weight is 190 g/mol. The number of benzene rings is 1. The highest BCUT2D eigenvalue weighted by Gasteiger charge is 2.04. The molecule has 0 bridgehead atoms. The van der Waals surface area contributed by atoms with Gasteiger partial charge in [-0.25, -0.2) is 0 Å². The summed E-state index contributed by atoms with van der Waals surface area (Å²) in [6, 6.07) is 8.33. The van der Waals surface area contributed by atoms with Crippen LogP contribution in [0.4, 0.5) is 5.69 Å². The van der Waals surface area contributed by atoms with Crippen LogP contribution in [-0.4, -0.2) is 31.4 Å². The molecule has 0 aliphatic rings. The Morgan fingerprint density at radius 2 is 1.86 bits per heavy atom. The molecule has 0 heterocycles. The van der Waals surface area contributed by atoms with E-state index in [-0.39, 0.29) is 0 Å². The van der Waals surface area contributed by atoms with E-state index >= 15 is 0 Å². The molecule has 0 aromatic heterocycles. The Morgan fingerprint density at radius 3 is 2.36 bits per heavy atom. The summed E-state index contributed by atoms with van der Waals surface area (Å²) in [4.78, 5) is 2.11. The van der Waals surface area contributed by atoms with Crippen LogP contribution in [0.2, 0.25) is 0 Å². The minimum absolute atomic E-state index is 1.18. The first-order valence-corrected chi connectivity index (χ1v) is 4.68. The van der Waals surface area contributed by atoms with E-state index in [0.717, 1.165) is 0 Å². The molecule has 0 unspecified atom stereocenters. The zero-order valence-corrected chi connectivity index (χ0v) is 9.41. The highest BCUT2D eigenvalue weighted by atomic mass is 15.1. The van der Waals surface area contributed by atoms with Crippen LogP contribution in [-0.2, 0) is 0 Å². The Hall–Kier alpha value is -1.44. The van der Waals surface area contributed by atoms with E-state index in [0.29, 0.717) is 0 Å². The SMILES string of the molecule is [CH2-]/[N+](C)=C(/C)c1ccccc1N(C)C. The van der Waals surface area contributed by atoms with Crippen LogP contribution in [0.15, 0.2) is 24.3 Å². The molecule has 0 saturated heterocycles. The molecule has 0 amide bonds. The van der Waals surface area contributed by atoms with Gasteiger partial charge in [-0.15, -0.1) is 0 Å². The van der Waals surface area contributed by atoms with Crippen LogP contribution >= 0.6 is 0 Å². The largest absolute Gasteiger partial charge is 0.378 e. The van der Waals surface area contributed by atoms with Crippen molar-refractivity contribution in [2.45, 2.75) is 6.92 Å². The van der Waals surface area contributed by atoms with E-state index in [1.165, 1.54) is 17.0 Å². The highest BCUT2D eigenvalue weighted by Crippen LogP contribution is 2.18. The molecule has 1 aromatic rings. The van der Waals surface area contributed by atoms with Gasteiger partial charge >= 0.3 is 0 Å². The van der Waals surface area contributed by atoms with Gasteiger partial charge in [-0.2, -0.15) is 0 Å². The molecule has 0 aliphatic carbocycles. The van der Waals surface area contributed by atoms with Gasteiger partial charge in [-0.3, -0.25) is 0 Å². The van der Waals surface area contributed by atoms with Gasteiger partial charge in [0.1, 0.15) is 7.05 Å². The van der Waals surface area contributed by atoms with E-state index < -0.39 is 0 Å². The van der Waals surface area contributed by atoms with Gasteiger partial charge < -0.3 is 9.48 Å². The molecule has 0 radical (unpaired) electrons. The Balaban J connectivity index is 3.28. The van der Waals surface area contributed by atoms with E-state index in [9.17, 15) is 0 Å². The van der Waals surface area contributed by atoms with Gasteiger partial charge in [0.2, 0.25) is 0 Å². The van der Waals surface area contributed by atoms with Crippen molar-refractivity contribution in [3.8, 4) is 0 Å². The normalized spacial score (nSPS) is 12.3. The molecule has 0 aliphatic heterocycles. The van der Waals surface area contributed by atoms with E-state index in [4.69, 9.17) is 0 Å². The maximum absolute atomic E-state index is 3.89. The third kappa shape index (κ3) is 2.08. The lowest BCUT2D eigenvalue weighted by atomic mass is 10.1. The molecule has 76 valence electrons. The predicted molar refractivity (Wildman–Crippen MR) is 62.1 cm³/mol. The quantitative estimate of drug-likeness (QED) is 0.393. The first kappa shape index (κ1) is 10.6. The molecular weight excluding hydrogens is 172 g/mol. The van der Waals surface area contributed by atoms with Gasteiger partial charge in [0, 0.05) is 25.5 Å². The lowest BCUT2D eigenvalue weighted by Gasteiger charge is -2.19. The highest BCUT2D eigenvalue weighted by molar-refractivity contribution is 6.00. The van der Waals surface area contributed by atoms with Crippen molar-refractivity contribution in [1.82, 2.24) is 0 Å². The summed E-state index contributed by atoms with van der Waals surface area (Å²) in [5.41, 5.74) is 3.63. The number of hydrogen-bond donors (Lipinski definition) is 0. The van der Waals surface area contributed by atoms with Crippen LogP contribution in [0.5, 0.6) is 0 Å². The second-order valence-electron chi connectivity index (χ2n) is 3.69. The molecule has 14 heavy (non-hydrogen) atoms. The fraction of sp³-hybridized carbons (Fsp3) is 0.333. The molecule has 0 atom stereocenters. The fourth-order valence-corrected chi connectivity index (χ4v) is 1.38. The standard InChI is InChI=1S/C12H18N2/c1-10(13(2)3)11-8-6-7-9-12(11)14(4)5/h6-9H,2H2,1,3-5H3. The minimum Gasteiger partial charge on any atom is -0.378 e. The lowest BCUT2D eigenvalue weighted by Crippen LogP contribution is -2.16. The van der Waals surface area contributed by atoms with Crippen LogP contribution < -0.4 is 4.90 Å². The van der Waals surface area contributed by atoms with Crippen molar-refractivity contribution >= 4 is 11.4 Å². The summed E-state index contributed by atoms with van der Waals surface area (Å²) in [6.07, 6.45) is 0. The maximum Gasteiger partial charge on any atom is 0.105 e. The van der Waals surface area contributed by atoms with Gasteiger partial charge in [-0.1, -0.05) is 18.2 Å². The molecular formula is C12H18N2. The molecule has 0 N–H and O–H groups in total. The Bertz CT molecular complexity index is 347. The summed E-state index contributed by atoms with van der Waals surface area (Å²) in [5.74, 6) is 0. The number of anilines is 1. The topological polar surface area (TPSA) is 6.25 Å². The summed E-state index contributed by atoms with van der Waals surface area (Å²) < 4.78 is 1.89. The van der Waals surface area contributed by atoms with Crippen LogP contribution in [0, 0.1) is 7.05 Å². The minimum atomic E-state index is 1.18. The molecule has 0 saturated carbocycles.